The lowest BCUT2D eigenvalue weighted by Crippen LogP contribution is -2.55. The lowest BCUT2D eigenvalue weighted by Gasteiger charge is -2.40. The number of aliphatic imine (C=N–C) groups is 1. The highest BCUT2D eigenvalue weighted by atomic mass is 31.2. The maximum Gasteiger partial charge on any atom is 0.315 e. The van der Waals surface area contributed by atoms with Gasteiger partial charge in [-0.2, -0.15) is 0 Å². The molecule has 2 N–H and O–H groups in total. The third-order valence-electron chi connectivity index (χ3n) is 10.8. The average molecular weight is 809 g/mol. The molecule has 2 rings (SSSR count). The van der Waals surface area contributed by atoms with Crippen molar-refractivity contribution in [3.05, 3.63) is 35.9 Å². The lowest BCUT2D eigenvalue weighted by molar-refractivity contribution is -0.146. The Kier molecular flexibility index (Phi) is 19.5. The van der Waals surface area contributed by atoms with Gasteiger partial charge in [-0.3, -0.25) is 23.7 Å². The van der Waals surface area contributed by atoms with Gasteiger partial charge in [-0.05, 0) is 30.2 Å². The number of guanidine groups is 1. The van der Waals surface area contributed by atoms with E-state index in [-0.39, 0.29) is 36.5 Å². The van der Waals surface area contributed by atoms with Gasteiger partial charge in [-0.25, -0.2) is 4.99 Å². The Labute approximate surface area is 334 Å². The topological polar surface area (TPSA) is 171 Å². The first-order valence-corrected chi connectivity index (χ1v) is 21.4. The first-order valence-electron chi connectivity index (χ1n) is 19.5. The number of hydrogen-bond donors (Lipinski definition) is 2. The molecule has 1 aromatic carbocycles. The predicted octanol–water partition coefficient (Wildman–Crippen LogP) is 3.54. The molecule has 1 fully saturated rings. The van der Waals surface area contributed by atoms with E-state index in [9.17, 15) is 28.6 Å². The van der Waals surface area contributed by atoms with Crippen LogP contribution in [0.4, 0.5) is 0 Å². The van der Waals surface area contributed by atoms with Gasteiger partial charge in [-0.1, -0.05) is 71.4 Å². The molecule has 1 aromatic rings. The van der Waals surface area contributed by atoms with Crippen LogP contribution in [0.15, 0.2) is 35.3 Å². The molecule has 0 radical (unpaired) electrons. The van der Waals surface area contributed by atoms with Gasteiger partial charge >= 0.3 is 5.97 Å². The van der Waals surface area contributed by atoms with Crippen molar-refractivity contribution >= 4 is 37.0 Å². The highest BCUT2D eigenvalue weighted by Gasteiger charge is 2.44. The minimum Gasteiger partial charge on any atom is -0.469 e. The summed E-state index contributed by atoms with van der Waals surface area (Å²) in [6.07, 6.45) is -0.136. The molecule has 1 aliphatic rings. The van der Waals surface area contributed by atoms with Gasteiger partial charge in [-0.15, -0.1) is 0 Å². The summed E-state index contributed by atoms with van der Waals surface area (Å²) in [6, 6.07) is 7.36. The number of carbonyl (C=O) groups excluding carboxylic acids is 4. The molecular formula is C40H69N6O9P. The molecule has 56 heavy (non-hydrogen) atoms. The number of benzene rings is 1. The summed E-state index contributed by atoms with van der Waals surface area (Å²) in [6.45, 7) is 10.1. The molecule has 0 saturated carbocycles. The van der Waals surface area contributed by atoms with Crippen LogP contribution in [0.1, 0.15) is 65.9 Å². The molecule has 318 valence electrons. The van der Waals surface area contributed by atoms with Crippen molar-refractivity contribution in [3.63, 3.8) is 0 Å². The molecule has 16 heteroatoms. The van der Waals surface area contributed by atoms with Crippen molar-refractivity contribution in [2.45, 2.75) is 103 Å². The van der Waals surface area contributed by atoms with E-state index < -0.39 is 67.4 Å². The Morgan fingerprint density at radius 1 is 0.982 bits per heavy atom. The molecule has 1 unspecified atom stereocenters. The maximum atomic E-state index is 14.3. The highest BCUT2D eigenvalue weighted by Crippen LogP contribution is 2.46. The van der Waals surface area contributed by atoms with E-state index in [1.54, 1.807) is 55.1 Å². The van der Waals surface area contributed by atoms with Crippen molar-refractivity contribution < 1.29 is 42.8 Å². The van der Waals surface area contributed by atoms with Crippen molar-refractivity contribution in [1.29, 1.82) is 0 Å². The van der Waals surface area contributed by atoms with Crippen LogP contribution in [0.5, 0.6) is 0 Å². The molecule has 3 amide bonds. The monoisotopic (exact) mass is 808 g/mol. The largest absolute Gasteiger partial charge is 0.469 e. The van der Waals surface area contributed by atoms with E-state index in [1.165, 1.54) is 7.11 Å². The van der Waals surface area contributed by atoms with Crippen LogP contribution >= 0.6 is 7.37 Å². The van der Waals surface area contributed by atoms with Gasteiger partial charge in [0.2, 0.25) is 25.1 Å². The summed E-state index contributed by atoms with van der Waals surface area (Å²) < 4.78 is 30.1. The minimum absolute atomic E-state index is 0.00668. The van der Waals surface area contributed by atoms with E-state index in [0.29, 0.717) is 30.9 Å². The van der Waals surface area contributed by atoms with Crippen LogP contribution in [0.3, 0.4) is 0 Å². The third kappa shape index (κ3) is 13.0. The van der Waals surface area contributed by atoms with Gasteiger partial charge < -0.3 is 44.0 Å². The molecule has 1 saturated heterocycles. The minimum atomic E-state index is -4.27. The molecule has 1 aliphatic heterocycles. The Bertz CT molecular complexity index is 1500. The molecule has 15 nitrogen and oxygen atoms in total. The fourth-order valence-electron chi connectivity index (χ4n) is 7.55. The lowest BCUT2D eigenvalue weighted by atomic mass is 9.89. The summed E-state index contributed by atoms with van der Waals surface area (Å²) in [7, 11) is 9.19. The van der Waals surface area contributed by atoms with Gasteiger partial charge in [0.25, 0.3) is 0 Å². The van der Waals surface area contributed by atoms with Gasteiger partial charge in [0, 0.05) is 62.4 Å². The molecule has 1 heterocycles. The molecular weight excluding hydrogens is 739 g/mol. The number of nitrogens with one attached hydrogen (secondary N) is 1. The molecule has 0 spiro atoms. The van der Waals surface area contributed by atoms with Gasteiger partial charge in [0.05, 0.1) is 43.7 Å². The zero-order valence-corrected chi connectivity index (χ0v) is 36.8. The van der Waals surface area contributed by atoms with Crippen molar-refractivity contribution in [3.8, 4) is 0 Å². The maximum absolute atomic E-state index is 14.3. The van der Waals surface area contributed by atoms with Gasteiger partial charge in [0.1, 0.15) is 18.0 Å². The Balaban J connectivity index is 2.36. The van der Waals surface area contributed by atoms with Crippen LogP contribution in [-0.4, -0.2) is 160 Å². The summed E-state index contributed by atoms with van der Waals surface area (Å²) in [5, 5.41) is 2.74. The number of esters is 1. The van der Waals surface area contributed by atoms with E-state index in [4.69, 9.17) is 14.5 Å². The van der Waals surface area contributed by atoms with E-state index in [1.807, 2.05) is 71.8 Å². The highest BCUT2D eigenvalue weighted by molar-refractivity contribution is 7.59. The van der Waals surface area contributed by atoms with Crippen LogP contribution in [0, 0.1) is 17.8 Å². The summed E-state index contributed by atoms with van der Waals surface area (Å²) in [5.41, 5.74) is 0.704. The van der Waals surface area contributed by atoms with Crippen LogP contribution in [0.2, 0.25) is 0 Å². The van der Waals surface area contributed by atoms with Crippen LogP contribution in [0.25, 0.3) is 0 Å². The molecule has 0 bridgehead atoms. The molecule has 0 aliphatic carbocycles. The first-order chi connectivity index (χ1) is 26.2. The molecule has 9 atom stereocenters. The summed E-state index contributed by atoms with van der Waals surface area (Å²) >= 11 is 0. The second-order valence-corrected chi connectivity index (χ2v) is 18.2. The Morgan fingerprint density at radius 3 is 2.09 bits per heavy atom. The number of ether oxygens (including phenoxy) is 3. The first kappa shape index (κ1) is 48.6. The van der Waals surface area contributed by atoms with Crippen LogP contribution < -0.4 is 5.32 Å². The van der Waals surface area contributed by atoms with E-state index in [0.717, 1.165) is 13.5 Å². The summed E-state index contributed by atoms with van der Waals surface area (Å²) in [5.74, 6) is -3.31. The SMILES string of the molecule is CC[C@H](C)[C@@H]([C@@H](CC(=O)N1CCC[C@H]1[C@H](OC)[C@@H](C)C(=O)N[C@@H](Cc1ccccc1)P(=O)(O)CC(=O)OC)OC)N(C)C(=O)[C@@H](N=C(N(C)C)N(C)C)C(C)C. The second-order valence-electron chi connectivity index (χ2n) is 15.7. The number of amides is 3. The van der Waals surface area contributed by atoms with Crippen LogP contribution in [-0.2, 0) is 44.4 Å². The Hall–Kier alpha value is -3.52. The number of carbonyl (C=O) groups is 4. The number of hydrogen-bond acceptors (Lipinski definition) is 9. The smallest absolute Gasteiger partial charge is 0.315 e. The number of likely N-dealkylation sites (N-methyl/N-ethyl adjacent to an activating group) is 1. The zero-order chi connectivity index (χ0) is 42.5. The number of rotatable bonds is 20. The summed E-state index contributed by atoms with van der Waals surface area (Å²) in [4.78, 5) is 77.5. The number of nitrogens with zero attached hydrogens (tertiary/aromatic N) is 5. The fourth-order valence-corrected chi connectivity index (χ4v) is 9.09. The zero-order valence-electron chi connectivity index (χ0n) is 35.9. The average Bonchev–Trinajstić information content (AvgIpc) is 3.63. The van der Waals surface area contributed by atoms with Gasteiger partial charge in [0.15, 0.2) is 5.96 Å². The standard InChI is InChI=1S/C40H69N6O9P/c1-14-27(4)36(45(10)39(50)35(26(2)3)42-40(43(6)7)44(8)9)31(53-11)24-33(47)46-22-18-21-30(46)37(55-13)28(5)38(49)41-32(23-29-19-16-15-17-20-29)56(51,52)25-34(48)54-12/h15-17,19-20,26-28,30-32,35-37H,14,18,21-25H2,1-13H3,(H,41,49)(H,51,52)/t27-,28+,30-,31+,32+,35-,36-,37+/m0/s1. The van der Waals surface area contributed by atoms with E-state index in [2.05, 4.69) is 10.1 Å². The van der Waals surface area contributed by atoms with Crippen molar-refractivity contribution in [2.75, 3.05) is 69.3 Å². The third-order valence-corrected chi connectivity index (χ3v) is 12.8. The molecule has 0 aromatic heterocycles. The fraction of sp³-hybridized carbons (Fsp3) is 0.725. The number of methoxy groups -OCH3 is 3. The normalized spacial score (nSPS) is 19.1. The quantitative estimate of drug-likeness (QED) is 0.0856. The van der Waals surface area contributed by atoms with Crippen molar-refractivity contribution in [2.24, 2.45) is 22.7 Å². The van der Waals surface area contributed by atoms with E-state index >= 15 is 0 Å². The Morgan fingerprint density at radius 2 is 1.59 bits per heavy atom. The van der Waals surface area contributed by atoms with Crippen molar-refractivity contribution in [1.82, 2.24) is 24.9 Å². The predicted molar refractivity (Wildman–Crippen MR) is 218 cm³/mol. The number of likely N-dealkylation sites (tertiary alicyclic amines) is 1. The second kappa shape index (κ2) is 22.4.